The fourth-order valence-corrected chi connectivity index (χ4v) is 3.68. The highest BCUT2D eigenvalue weighted by atomic mass is 19.4. The summed E-state index contributed by atoms with van der Waals surface area (Å²) in [7, 11) is 4.00. The first-order chi connectivity index (χ1) is 15.2. The Hall–Kier alpha value is -3.51. The first-order valence-electron chi connectivity index (χ1n) is 10.0. The van der Waals surface area contributed by atoms with Gasteiger partial charge in [-0.1, -0.05) is 18.1 Å². The van der Waals surface area contributed by atoms with E-state index < -0.39 is 6.36 Å². The molecular formula is C23H21F3N4O2. The maximum Gasteiger partial charge on any atom is 0.573 e. The molecular weight excluding hydrogens is 421 g/mol. The van der Waals surface area contributed by atoms with Crippen molar-refractivity contribution in [1.82, 2.24) is 20.0 Å². The number of amides is 1. The third kappa shape index (κ3) is 4.70. The van der Waals surface area contributed by atoms with Crippen LogP contribution < -0.4 is 4.74 Å². The Kier molecular flexibility index (Phi) is 5.80. The highest BCUT2D eigenvalue weighted by molar-refractivity contribution is 5.99. The fraction of sp³-hybridized carbons (Fsp3) is 0.304. The average molecular weight is 442 g/mol. The molecule has 166 valence electrons. The largest absolute Gasteiger partial charge is 0.573 e. The average Bonchev–Trinajstić information content (AvgIpc) is 3.39. The normalized spacial score (nSPS) is 16.3. The molecule has 1 aromatic heterocycles. The zero-order valence-corrected chi connectivity index (χ0v) is 17.5. The highest BCUT2D eigenvalue weighted by Crippen LogP contribution is 2.26. The van der Waals surface area contributed by atoms with Crippen molar-refractivity contribution < 1.29 is 22.7 Å². The molecule has 0 radical (unpaired) electrons. The number of H-pyrrole nitrogens is 1. The van der Waals surface area contributed by atoms with E-state index in [2.05, 4.69) is 31.7 Å². The molecule has 2 heterocycles. The van der Waals surface area contributed by atoms with Crippen LogP contribution in [0.4, 0.5) is 13.2 Å². The number of aromatic nitrogens is 2. The van der Waals surface area contributed by atoms with Crippen molar-refractivity contribution in [2.45, 2.75) is 18.8 Å². The van der Waals surface area contributed by atoms with Gasteiger partial charge in [0.05, 0.1) is 11.1 Å². The molecule has 1 amide bonds. The molecule has 1 atom stereocenters. The molecule has 3 aromatic rings. The second-order valence-electron chi connectivity index (χ2n) is 7.78. The summed E-state index contributed by atoms with van der Waals surface area (Å²) in [4.78, 5) is 16.9. The van der Waals surface area contributed by atoms with E-state index in [4.69, 9.17) is 0 Å². The van der Waals surface area contributed by atoms with Gasteiger partial charge in [0, 0.05) is 30.1 Å². The molecule has 0 saturated carbocycles. The quantitative estimate of drug-likeness (QED) is 0.630. The first kappa shape index (κ1) is 21.7. The van der Waals surface area contributed by atoms with Gasteiger partial charge < -0.3 is 14.5 Å². The number of fused-ring (bicyclic) bond motifs is 1. The number of halogens is 3. The van der Waals surface area contributed by atoms with E-state index in [0.29, 0.717) is 41.3 Å². The van der Waals surface area contributed by atoms with Crippen molar-refractivity contribution in [2.24, 2.45) is 0 Å². The van der Waals surface area contributed by atoms with Crippen molar-refractivity contribution in [3.05, 3.63) is 59.3 Å². The summed E-state index contributed by atoms with van der Waals surface area (Å²) in [6, 6.07) is 11.2. The van der Waals surface area contributed by atoms with Crippen LogP contribution >= 0.6 is 0 Å². The number of alkyl halides is 3. The Morgan fingerprint density at radius 1 is 1.22 bits per heavy atom. The summed E-state index contributed by atoms with van der Waals surface area (Å²) < 4.78 is 41.9. The van der Waals surface area contributed by atoms with Gasteiger partial charge in [-0.3, -0.25) is 9.89 Å². The van der Waals surface area contributed by atoms with Crippen LogP contribution in [-0.2, 0) is 0 Å². The number of ether oxygens (including phenoxy) is 1. The molecule has 4 rings (SSSR count). The molecule has 1 N–H and O–H groups in total. The predicted molar refractivity (Wildman–Crippen MR) is 113 cm³/mol. The van der Waals surface area contributed by atoms with Gasteiger partial charge in [-0.2, -0.15) is 5.10 Å². The van der Waals surface area contributed by atoms with E-state index in [-0.39, 0.29) is 17.2 Å². The summed E-state index contributed by atoms with van der Waals surface area (Å²) in [5, 5.41) is 7.62. The van der Waals surface area contributed by atoms with Crippen LogP contribution in [0.3, 0.4) is 0 Å². The van der Waals surface area contributed by atoms with E-state index in [0.717, 1.165) is 6.42 Å². The number of para-hydroxylation sites is 1. The van der Waals surface area contributed by atoms with E-state index in [9.17, 15) is 18.0 Å². The summed E-state index contributed by atoms with van der Waals surface area (Å²) in [5.74, 6) is 5.04. The lowest BCUT2D eigenvalue weighted by atomic mass is 10.1. The molecule has 1 aliphatic heterocycles. The summed E-state index contributed by atoms with van der Waals surface area (Å²) >= 11 is 0. The van der Waals surface area contributed by atoms with E-state index >= 15 is 0 Å². The molecule has 1 fully saturated rings. The number of carbonyl (C=O) groups excluding carboxylic acids is 1. The maximum atomic E-state index is 13.0. The minimum absolute atomic E-state index is 0.0692. The van der Waals surface area contributed by atoms with Crippen molar-refractivity contribution >= 4 is 16.8 Å². The van der Waals surface area contributed by atoms with E-state index in [1.54, 1.807) is 24.3 Å². The molecule has 6 nitrogen and oxygen atoms in total. The number of hydrogen-bond acceptors (Lipinski definition) is 4. The fourth-order valence-electron chi connectivity index (χ4n) is 3.68. The van der Waals surface area contributed by atoms with Gasteiger partial charge in [0.1, 0.15) is 11.4 Å². The zero-order chi connectivity index (χ0) is 22.9. The number of nitrogens with zero attached hydrogens (tertiary/aromatic N) is 3. The molecule has 0 bridgehead atoms. The molecule has 1 saturated heterocycles. The van der Waals surface area contributed by atoms with Gasteiger partial charge in [-0.15, -0.1) is 13.2 Å². The monoisotopic (exact) mass is 442 g/mol. The van der Waals surface area contributed by atoms with Gasteiger partial charge in [0.25, 0.3) is 5.91 Å². The van der Waals surface area contributed by atoms with Gasteiger partial charge in [0.2, 0.25) is 0 Å². The Morgan fingerprint density at radius 3 is 2.72 bits per heavy atom. The second kappa shape index (κ2) is 8.55. The van der Waals surface area contributed by atoms with Crippen LogP contribution in [0.2, 0.25) is 0 Å². The van der Waals surface area contributed by atoms with E-state index in [1.165, 1.54) is 18.2 Å². The van der Waals surface area contributed by atoms with Crippen LogP contribution in [0.1, 0.15) is 28.0 Å². The Labute approximate surface area is 183 Å². The number of carbonyl (C=O) groups is 1. The number of likely N-dealkylation sites (tertiary alicyclic amines) is 1. The molecule has 2 aromatic carbocycles. The smallest absolute Gasteiger partial charge is 0.404 e. The Balaban J connectivity index is 1.61. The van der Waals surface area contributed by atoms with Crippen LogP contribution in [0.25, 0.3) is 10.9 Å². The molecule has 32 heavy (non-hydrogen) atoms. The predicted octanol–water partition coefficient (Wildman–Crippen LogP) is 3.64. The SMILES string of the molecule is CN(C)[C@@H]1CCN(C(=O)c2ccc3[nH]nc(C#Cc4ccccc4OC(F)(F)F)c3c2)C1. The highest BCUT2D eigenvalue weighted by Gasteiger charge is 2.32. The molecule has 9 heteroatoms. The third-order valence-electron chi connectivity index (χ3n) is 5.42. The minimum atomic E-state index is -4.81. The topological polar surface area (TPSA) is 61.5 Å². The third-order valence-corrected chi connectivity index (χ3v) is 5.42. The van der Waals surface area contributed by atoms with Crippen LogP contribution in [-0.4, -0.2) is 65.5 Å². The van der Waals surface area contributed by atoms with Gasteiger partial charge >= 0.3 is 6.36 Å². The lowest BCUT2D eigenvalue weighted by Gasteiger charge is -2.20. The van der Waals surface area contributed by atoms with Crippen molar-refractivity contribution in [2.75, 3.05) is 27.2 Å². The van der Waals surface area contributed by atoms with Gasteiger partial charge in [-0.05, 0) is 56.8 Å². The maximum absolute atomic E-state index is 13.0. The standard InChI is InChI=1S/C23H21F3N4O2/c1-29(2)17-11-12-30(14-17)22(31)16-8-10-20-18(13-16)19(27-28-20)9-7-15-5-3-4-6-21(15)32-23(24,25)26/h3-6,8,10,13,17H,11-12,14H2,1-2H3,(H,27,28)/t17-/m1/s1. The number of hydrogen-bond donors (Lipinski definition) is 1. The number of rotatable bonds is 3. The van der Waals surface area contributed by atoms with Crippen molar-refractivity contribution in [3.63, 3.8) is 0 Å². The van der Waals surface area contributed by atoms with Gasteiger partial charge in [-0.25, -0.2) is 0 Å². The Morgan fingerprint density at radius 2 is 2.00 bits per heavy atom. The second-order valence-corrected chi connectivity index (χ2v) is 7.78. The van der Waals surface area contributed by atoms with Crippen molar-refractivity contribution in [3.8, 4) is 17.6 Å². The van der Waals surface area contributed by atoms with Crippen molar-refractivity contribution in [1.29, 1.82) is 0 Å². The van der Waals surface area contributed by atoms with E-state index in [1.807, 2.05) is 19.0 Å². The molecule has 0 spiro atoms. The van der Waals surface area contributed by atoms with Crippen LogP contribution in [0.15, 0.2) is 42.5 Å². The number of benzene rings is 2. The van der Waals surface area contributed by atoms with Gasteiger partial charge in [0.15, 0.2) is 0 Å². The first-order valence-corrected chi connectivity index (χ1v) is 10.0. The minimum Gasteiger partial charge on any atom is -0.404 e. The number of likely N-dealkylation sites (N-methyl/N-ethyl adjacent to an activating group) is 1. The lowest BCUT2D eigenvalue weighted by Crippen LogP contribution is -2.34. The lowest BCUT2D eigenvalue weighted by molar-refractivity contribution is -0.274. The number of nitrogens with one attached hydrogen (secondary N) is 1. The number of aromatic amines is 1. The van der Waals surface area contributed by atoms with Crippen LogP contribution in [0, 0.1) is 11.8 Å². The Bertz CT molecular complexity index is 1210. The summed E-state index contributed by atoms with van der Waals surface area (Å²) in [6.07, 6.45) is -3.89. The molecule has 0 unspecified atom stereocenters. The molecule has 1 aliphatic rings. The summed E-state index contributed by atoms with van der Waals surface area (Å²) in [5.41, 5.74) is 1.62. The van der Waals surface area contributed by atoms with Crippen LogP contribution in [0.5, 0.6) is 5.75 Å². The molecule has 0 aliphatic carbocycles. The zero-order valence-electron chi connectivity index (χ0n) is 17.5. The summed E-state index contributed by atoms with van der Waals surface area (Å²) in [6.45, 7) is 1.35.